The van der Waals surface area contributed by atoms with E-state index in [0.29, 0.717) is 40.3 Å². The fraction of sp³-hybridized carbons (Fsp3) is 0.457. The summed E-state index contributed by atoms with van der Waals surface area (Å²) in [6, 6.07) is 7.62. The van der Waals surface area contributed by atoms with Crippen LogP contribution < -0.4 is 28.4 Å². The lowest BCUT2D eigenvalue weighted by Gasteiger charge is -2.57. The topological polar surface area (TPSA) is 90.9 Å². The van der Waals surface area contributed by atoms with E-state index in [2.05, 4.69) is 20.4 Å². The Bertz CT molecular complexity index is 1460. The second-order valence-corrected chi connectivity index (χ2v) is 11.1. The molecule has 2 aromatic carbocycles. The van der Waals surface area contributed by atoms with Gasteiger partial charge in [-0.05, 0) is 41.9 Å². The van der Waals surface area contributed by atoms with Crippen molar-refractivity contribution >= 4 is 5.78 Å². The van der Waals surface area contributed by atoms with Crippen molar-refractivity contribution < 1.29 is 42.7 Å². The first-order valence-corrected chi connectivity index (χ1v) is 14.5. The molecular weight excluding hydrogens is 564 g/mol. The van der Waals surface area contributed by atoms with Crippen LogP contribution in [-0.4, -0.2) is 62.7 Å². The summed E-state index contributed by atoms with van der Waals surface area (Å²) in [5, 5.41) is 0. The maximum Gasteiger partial charge on any atom is 0.223 e. The predicted molar refractivity (Wildman–Crippen MR) is 167 cm³/mol. The number of hydrogen-bond acceptors (Lipinski definition) is 9. The summed E-state index contributed by atoms with van der Waals surface area (Å²) < 4.78 is 46.5. The highest BCUT2D eigenvalue weighted by molar-refractivity contribution is 6.04. The van der Waals surface area contributed by atoms with Gasteiger partial charge in [-0.1, -0.05) is 19.9 Å². The maximum absolute atomic E-state index is 13.2. The molecule has 0 aromatic heterocycles. The number of ether oxygens (including phenoxy) is 8. The van der Waals surface area contributed by atoms with E-state index in [1.807, 2.05) is 36.4 Å². The second-order valence-electron chi connectivity index (χ2n) is 11.1. The van der Waals surface area contributed by atoms with Crippen LogP contribution in [0.4, 0.5) is 0 Å². The Balaban J connectivity index is 2.14. The quantitative estimate of drug-likeness (QED) is 0.272. The fourth-order valence-electron chi connectivity index (χ4n) is 7.69. The summed E-state index contributed by atoms with van der Waals surface area (Å²) in [4.78, 5) is 13.2. The zero-order chi connectivity index (χ0) is 32.3. The Kier molecular flexibility index (Phi) is 9.76. The van der Waals surface area contributed by atoms with Crippen LogP contribution in [0.3, 0.4) is 0 Å². The molecule has 1 spiro atoms. The van der Waals surface area contributed by atoms with Gasteiger partial charge in [0.25, 0.3) is 0 Å². The van der Waals surface area contributed by atoms with Crippen molar-refractivity contribution in [1.82, 2.24) is 0 Å². The van der Waals surface area contributed by atoms with Crippen LogP contribution in [0.2, 0.25) is 0 Å². The average Bonchev–Trinajstić information content (AvgIpc) is 3.04. The Morgan fingerprint density at radius 1 is 0.636 bits per heavy atom. The van der Waals surface area contributed by atoms with E-state index in [0.717, 1.165) is 11.1 Å². The third-order valence-corrected chi connectivity index (χ3v) is 9.45. The number of methoxy groups -OCH3 is 8. The van der Waals surface area contributed by atoms with E-state index < -0.39 is 5.41 Å². The van der Waals surface area contributed by atoms with E-state index in [9.17, 15) is 4.79 Å². The fourth-order valence-corrected chi connectivity index (χ4v) is 7.69. The van der Waals surface area contributed by atoms with Crippen LogP contribution in [0.1, 0.15) is 36.8 Å². The Morgan fingerprint density at radius 2 is 1.11 bits per heavy atom. The van der Waals surface area contributed by atoms with Gasteiger partial charge in [0, 0.05) is 35.3 Å². The third kappa shape index (κ3) is 5.02. The van der Waals surface area contributed by atoms with Crippen molar-refractivity contribution in [2.24, 2.45) is 23.2 Å². The van der Waals surface area contributed by atoms with Crippen molar-refractivity contribution in [2.45, 2.75) is 25.7 Å². The molecule has 1 saturated carbocycles. The SMILES string of the molecule is C=C[C@H]1[C@H](C)[C@H](c2cc(OC)c(OC)cc2OC)[C@@H](C)[C@H](c2cc(OC)c(OC)cc2OC)[C@@]12C=C(OC)C(=O)C=C2OC. The van der Waals surface area contributed by atoms with Gasteiger partial charge < -0.3 is 37.9 Å². The van der Waals surface area contributed by atoms with Crippen LogP contribution in [0.15, 0.2) is 60.6 Å². The van der Waals surface area contributed by atoms with Gasteiger partial charge in [-0.3, -0.25) is 4.79 Å². The van der Waals surface area contributed by atoms with Crippen molar-refractivity contribution in [1.29, 1.82) is 0 Å². The molecule has 0 aliphatic heterocycles. The van der Waals surface area contributed by atoms with Gasteiger partial charge in [0.05, 0.1) is 62.3 Å². The minimum absolute atomic E-state index is 0.0296. The molecule has 4 rings (SSSR count). The molecule has 238 valence electrons. The lowest BCUT2D eigenvalue weighted by molar-refractivity contribution is -0.115. The van der Waals surface area contributed by atoms with E-state index in [1.165, 1.54) is 13.2 Å². The van der Waals surface area contributed by atoms with Gasteiger partial charge in [-0.2, -0.15) is 0 Å². The van der Waals surface area contributed by atoms with Crippen molar-refractivity contribution in [2.75, 3.05) is 56.9 Å². The predicted octanol–water partition coefficient (Wildman–Crippen LogP) is 6.32. The number of benzene rings is 2. The molecule has 2 aliphatic rings. The molecule has 44 heavy (non-hydrogen) atoms. The molecular formula is C35H44O9. The highest BCUT2D eigenvalue weighted by Crippen LogP contribution is 2.67. The van der Waals surface area contributed by atoms with Crippen LogP contribution in [-0.2, 0) is 14.3 Å². The van der Waals surface area contributed by atoms with Gasteiger partial charge in [-0.25, -0.2) is 0 Å². The molecule has 9 heteroatoms. The number of rotatable bonds is 11. The molecule has 0 radical (unpaired) electrons. The first kappa shape index (κ1) is 32.6. The highest BCUT2D eigenvalue weighted by atomic mass is 16.5. The maximum atomic E-state index is 13.2. The second kappa shape index (κ2) is 13.2. The number of carbonyl (C=O) groups is 1. The summed E-state index contributed by atoms with van der Waals surface area (Å²) in [6.07, 6.45) is 5.39. The largest absolute Gasteiger partial charge is 0.500 e. The summed E-state index contributed by atoms with van der Waals surface area (Å²) in [5.41, 5.74) is 0.925. The zero-order valence-electron chi connectivity index (χ0n) is 27.3. The molecule has 6 atom stereocenters. The average molecular weight is 609 g/mol. The zero-order valence-corrected chi connectivity index (χ0v) is 27.3. The molecule has 2 aromatic rings. The van der Waals surface area contributed by atoms with E-state index in [4.69, 9.17) is 37.9 Å². The van der Waals surface area contributed by atoms with Gasteiger partial charge in [-0.15, -0.1) is 6.58 Å². The molecule has 0 N–H and O–H groups in total. The minimum atomic E-state index is -0.887. The summed E-state index contributed by atoms with van der Waals surface area (Å²) in [6.45, 7) is 8.71. The van der Waals surface area contributed by atoms with Crippen LogP contribution in [0.5, 0.6) is 34.5 Å². The molecule has 0 bridgehead atoms. The number of hydrogen-bond donors (Lipinski definition) is 0. The monoisotopic (exact) mass is 608 g/mol. The van der Waals surface area contributed by atoms with E-state index >= 15 is 0 Å². The third-order valence-electron chi connectivity index (χ3n) is 9.45. The Labute approximate surface area is 260 Å². The van der Waals surface area contributed by atoms with Crippen LogP contribution >= 0.6 is 0 Å². The molecule has 2 aliphatic carbocycles. The highest BCUT2D eigenvalue weighted by Gasteiger charge is 2.60. The van der Waals surface area contributed by atoms with Crippen molar-refractivity contribution in [3.05, 3.63) is 71.7 Å². The molecule has 0 unspecified atom stereocenters. The van der Waals surface area contributed by atoms with Gasteiger partial charge >= 0.3 is 0 Å². The van der Waals surface area contributed by atoms with Gasteiger partial charge in [0.15, 0.2) is 28.8 Å². The van der Waals surface area contributed by atoms with Crippen molar-refractivity contribution in [3.63, 3.8) is 0 Å². The first-order chi connectivity index (χ1) is 21.1. The summed E-state index contributed by atoms with van der Waals surface area (Å²) in [5.74, 6) is 3.22. The number of ketones is 1. The Morgan fingerprint density at radius 3 is 1.57 bits per heavy atom. The molecule has 0 saturated heterocycles. The van der Waals surface area contributed by atoms with Gasteiger partial charge in [0.1, 0.15) is 17.3 Å². The van der Waals surface area contributed by atoms with Crippen LogP contribution in [0, 0.1) is 23.2 Å². The smallest absolute Gasteiger partial charge is 0.223 e. The normalized spacial score (nSPS) is 26.2. The molecule has 1 fully saturated rings. The molecule has 9 nitrogen and oxygen atoms in total. The van der Waals surface area contributed by atoms with Crippen LogP contribution in [0.25, 0.3) is 0 Å². The van der Waals surface area contributed by atoms with E-state index in [-0.39, 0.29) is 41.1 Å². The van der Waals surface area contributed by atoms with E-state index in [1.54, 1.807) is 49.8 Å². The minimum Gasteiger partial charge on any atom is -0.500 e. The number of carbonyl (C=O) groups excluding carboxylic acids is 1. The lowest BCUT2D eigenvalue weighted by Crippen LogP contribution is -2.51. The van der Waals surface area contributed by atoms with Crippen molar-refractivity contribution in [3.8, 4) is 34.5 Å². The first-order valence-electron chi connectivity index (χ1n) is 14.5. The standard InChI is InChI=1S/C35H44O9/c1-12-23-19(2)33(21-13-27(39-6)29(41-8)16-25(21)37-4)20(3)34(22-14-28(40-7)30(42-9)17-26(22)38-5)35(23)18-31(43-10)24(36)15-32(35)44-11/h12-20,23,33-34H,1H2,2-11H3/t19-,20+,23-,33-,34+,35-/m0/s1. The molecule has 0 heterocycles. The van der Waals surface area contributed by atoms with Gasteiger partial charge in [0.2, 0.25) is 5.78 Å². The molecule has 0 amide bonds. The lowest BCUT2D eigenvalue weighted by atomic mass is 9.46. The summed E-state index contributed by atoms with van der Waals surface area (Å²) in [7, 11) is 12.8. The number of allylic oxidation sites excluding steroid dienone is 3. The summed E-state index contributed by atoms with van der Waals surface area (Å²) >= 11 is 0. The Hall–Kier alpha value is -4.27.